The van der Waals surface area contributed by atoms with Crippen molar-refractivity contribution >= 4 is 0 Å². The molecule has 17 heavy (non-hydrogen) atoms. The van der Waals surface area contributed by atoms with Gasteiger partial charge in [0, 0.05) is 26.2 Å². The quantitative estimate of drug-likeness (QED) is 0.727. The van der Waals surface area contributed by atoms with Crippen LogP contribution >= 0.6 is 0 Å². The molecule has 2 fully saturated rings. The molecule has 0 bridgehead atoms. The smallest absolute Gasteiger partial charge is 0.133 e. The molecule has 0 unspecified atom stereocenters. The number of halogens is 3. The predicted octanol–water partition coefficient (Wildman–Crippen LogP) is 0.724. The van der Waals surface area contributed by atoms with Crippen LogP contribution in [0.5, 0.6) is 0 Å². The van der Waals surface area contributed by atoms with Crippen LogP contribution < -0.4 is 0 Å². The van der Waals surface area contributed by atoms with Crippen molar-refractivity contribution in [2.75, 3.05) is 52.6 Å². The Hall–Kier alpha value is -0.950. The van der Waals surface area contributed by atoms with Crippen LogP contribution in [0.2, 0.25) is 0 Å². The summed E-state index contributed by atoms with van der Waals surface area (Å²) < 4.78 is 23.4. The SMILES string of the molecule is F.F.FC=C(N1CCOCC1)N1CCOCC1. The zero-order valence-electron chi connectivity index (χ0n) is 9.64. The first kappa shape index (κ1) is 16.1. The molecule has 7 heteroatoms. The fraction of sp³-hybridized carbons (Fsp3) is 0.800. The number of hydrogen-bond acceptors (Lipinski definition) is 4. The average Bonchev–Trinajstić information content (AvgIpc) is 2.33. The maximum absolute atomic E-state index is 12.9. The second-order valence-corrected chi connectivity index (χ2v) is 3.67. The van der Waals surface area contributed by atoms with Gasteiger partial charge in [0.1, 0.15) is 12.2 Å². The third-order valence-corrected chi connectivity index (χ3v) is 2.77. The molecule has 0 N–H and O–H groups in total. The maximum Gasteiger partial charge on any atom is 0.133 e. The number of rotatable bonds is 2. The molecule has 2 aliphatic heterocycles. The van der Waals surface area contributed by atoms with E-state index in [-0.39, 0.29) is 9.41 Å². The summed E-state index contributed by atoms with van der Waals surface area (Å²) in [7, 11) is 0. The van der Waals surface area contributed by atoms with E-state index in [1.54, 1.807) is 0 Å². The summed E-state index contributed by atoms with van der Waals surface area (Å²) in [5.41, 5.74) is 0. The van der Waals surface area contributed by atoms with Gasteiger partial charge in [0.2, 0.25) is 0 Å². The molecule has 0 spiro atoms. The Labute approximate surface area is 98.7 Å². The van der Waals surface area contributed by atoms with Crippen LogP contribution in [0.4, 0.5) is 13.8 Å². The first-order chi connectivity index (χ1) is 7.42. The van der Waals surface area contributed by atoms with E-state index in [0.717, 1.165) is 26.2 Å². The van der Waals surface area contributed by atoms with Crippen molar-refractivity contribution in [3.05, 3.63) is 12.2 Å². The lowest BCUT2D eigenvalue weighted by atomic mass is 10.3. The third-order valence-electron chi connectivity index (χ3n) is 2.77. The molecule has 0 saturated carbocycles. The summed E-state index contributed by atoms with van der Waals surface area (Å²) in [5.74, 6) is 0.682. The van der Waals surface area contributed by atoms with Gasteiger partial charge in [-0.15, -0.1) is 0 Å². The Morgan fingerprint density at radius 1 is 0.824 bits per heavy atom. The fourth-order valence-corrected chi connectivity index (χ4v) is 1.92. The minimum atomic E-state index is 0. The van der Waals surface area contributed by atoms with Crippen molar-refractivity contribution in [2.24, 2.45) is 0 Å². The molecule has 2 heterocycles. The Kier molecular flexibility index (Phi) is 7.73. The highest BCUT2D eigenvalue weighted by atomic mass is 19.1. The molecule has 0 atom stereocenters. The van der Waals surface area contributed by atoms with Gasteiger partial charge in [-0.2, -0.15) is 0 Å². The van der Waals surface area contributed by atoms with Crippen molar-refractivity contribution in [1.29, 1.82) is 0 Å². The van der Waals surface area contributed by atoms with Crippen LogP contribution in [0.25, 0.3) is 0 Å². The van der Waals surface area contributed by atoms with Gasteiger partial charge >= 0.3 is 0 Å². The lowest BCUT2D eigenvalue weighted by Gasteiger charge is -2.38. The van der Waals surface area contributed by atoms with Crippen LogP contribution in [0.3, 0.4) is 0 Å². The van der Waals surface area contributed by atoms with Crippen molar-refractivity contribution < 1.29 is 23.3 Å². The topological polar surface area (TPSA) is 24.9 Å². The van der Waals surface area contributed by atoms with Crippen molar-refractivity contribution in [1.82, 2.24) is 9.80 Å². The molecular formula is C10H19F3N2O2. The predicted molar refractivity (Wildman–Crippen MR) is 59.0 cm³/mol. The molecule has 2 rings (SSSR count). The fourth-order valence-electron chi connectivity index (χ4n) is 1.92. The van der Waals surface area contributed by atoms with Gasteiger partial charge in [-0.1, -0.05) is 0 Å². The van der Waals surface area contributed by atoms with Gasteiger partial charge in [0.15, 0.2) is 0 Å². The van der Waals surface area contributed by atoms with E-state index in [1.807, 2.05) is 9.80 Å². The standard InChI is InChI=1S/C10H17FN2O2.2FH/c11-9-10(12-1-5-14-6-2-12)13-3-7-15-8-4-13;;/h9H,1-8H2;2*1H. The lowest BCUT2D eigenvalue weighted by molar-refractivity contribution is 0.00726. The highest BCUT2D eigenvalue weighted by Crippen LogP contribution is 2.14. The van der Waals surface area contributed by atoms with Crippen molar-refractivity contribution in [3.8, 4) is 0 Å². The zero-order chi connectivity index (χ0) is 10.5. The average molecular weight is 256 g/mol. The minimum absolute atomic E-state index is 0. The molecule has 0 radical (unpaired) electrons. The molecule has 0 aromatic rings. The summed E-state index contributed by atoms with van der Waals surface area (Å²) in [6.45, 7) is 5.81. The van der Waals surface area contributed by atoms with Gasteiger partial charge in [-0.25, -0.2) is 4.39 Å². The highest BCUT2D eigenvalue weighted by molar-refractivity contribution is 4.98. The van der Waals surface area contributed by atoms with Gasteiger partial charge < -0.3 is 19.3 Å². The molecule has 0 amide bonds. The van der Waals surface area contributed by atoms with Gasteiger partial charge in [0.25, 0.3) is 0 Å². The van der Waals surface area contributed by atoms with Gasteiger partial charge in [-0.05, 0) is 0 Å². The molecule has 0 aromatic heterocycles. The Morgan fingerprint density at radius 2 is 1.18 bits per heavy atom. The second kappa shape index (κ2) is 8.19. The summed E-state index contributed by atoms with van der Waals surface area (Å²) in [4.78, 5) is 4.07. The molecular weight excluding hydrogens is 237 g/mol. The molecule has 4 nitrogen and oxygen atoms in total. The number of morpholine rings is 2. The monoisotopic (exact) mass is 256 g/mol. The largest absolute Gasteiger partial charge is 0.378 e. The molecule has 0 aromatic carbocycles. The molecule has 2 saturated heterocycles. The lowest BCUT2D eigenvalue weighted by Crippen LogP contribution is -2.45. The van der Waals surface area contributed by atoms with Crippen molar-refractivity contribution in [3.63, 3.8) is 0 Å². The van der Waals surface area contributed by atoms with E-state index in [0.29, 0.717) is 38.6 Å². The zero-order valence-corrected chi connectivity index (χ0v) is 9.64. The minimum Gasteiger partial charge on any atom is -0.378 e. The van der Waals surface area contributed by atoms with E-state index in [4.69, 9.17) is 9.47 Å². The molecule has 2 aliphatic rings. The van der Waals surface area contributed by atoms with E-state index < -0.39 is 0 Å². The first-order valence-electron chi connectivity index (χ1n) is 5.37. The van der Waals surface area contributed by atoms with Gasteiger partial charge in [-0.3, -0.25) is 9.41 Å². The van der Waals surface area contributed by atoms with Crippen LogP contribution in [0.1, 0.15) is 0 Å². The van der Waals surface area contributed by atoms with E-state index in [1.165, 1.54) is 0 Å². The van der Waals surface area contributed by atoms with Crippen molar-refractivity contribution in [2.45, 2.75) is 0 Å². The highest BCUT2D eigenvalue weighted by Gasteiger charge is 2.21. The summed E-state index contributed by atoms with van der Waals surface area (Å²) in [5, 5.41) is 0. The Balaban J connectivity index is 0.00000128. The van der Waals surface area contributed by atoms with Crippen LogP contribution in [-0.2, 0) is 9.47 Å². The number of nitrogens with zero attached hydrogens (tertiary/aromatic N) is 2. The van der Waals surface area contributed by atoms with Crippen LogP contribution in [-0.4, -0.2) is 62.4 Å². The summed E-state index contributed by atoms with van der Waals surface area (Å²) in [6.07, 6.45) is 0.705. The first-order valence-corrected chi connectivity index (χ1v) is 5.37. The molecule has 0 aliphatic carbocycles. The molecule has 102 valence electrons. The number of ether oxygens (including phenoxy) is 2. The van der Waals surface area contributed by atoms with E-state index in [2.05, 4.69) is 0 Å². The third kappa shape index (κ3) is 4.08. The van der Waals surface area contributed by atoms with Gasteiger partial charge in [0.05, 0.1) is 26.4 Å². The van der Waals surface area contributed by atoms with Crippen LogP contribution in [0, 0.1) is 0 Å². The summed E-state index contributed by atoms with van der Waals surface area (Å²) in [6, 6.07) is 0. The number of hydrogen-bond donors (Lipinski definition) is 0. The Morgan fingerprint density at radius 3 is 1.47 bits per heavy atom. The maximum atomic E-state index is 12.9. The second-order valence-electron chi connectivity index (χ2n) is 3.67. The van der Waals surface area contributed by atoms with E-state index >= 15 is 0 Å². The van der Waals surface area contributed by atoms with Crippen LogP contribution in [0.15, 0.2) is 12.2 Å². The Bertz CT molecular complexity index is 210. The van der Waals surface area contributed by atoms with E-state index in [9.17, 15) is 4.39 Å². The normalized spacial score (nSPS) is 20.1. The summed E-state index contributed by atoms with van der Waals surface area (Å²) >= 11 is 0.